The second kappa shape index (κ2) is 13.5. The van der Waals surface area contributed by atoms with Crippen molar-refractivity contribution in [2.75, 3.05) is 20.3 Å². The fraction of sp³-hybridized carbons (Fsp3) is 0.933. The molecular weight excluding hydrogens is 548 g/mol. The molecule has 0 aromatic heterocycles. The summed E-state index contributed by atoms with van der Waals surface area (Å²) in [6.45, 7) is 2.23. The Balaban J connectivity index is 1.35. The normalized spacial score (nSPS) is 49.8. The van der Waals surface area contributed by atoms with Crippen LogP contribution in [0.2, 0.25) is 0 Å². The molecule has 5 fully saturated rings. The SMILES string of the molecule is CCC1C(OC)CC(O[C@H]2O[C@H](CO)[C@@H](O)[C@H](O)[C@H]2O)C2C(=O)C3C(O)CC(CCC4CCC(N)NC4)CC3C(=O)C12. The molecule has 240 valence electrons. The summed E-state index contributed by atoms with van der Waals surface area (Å²) in [5.41, 5.74) is 5.96. The van der Waals surface area contributed by atoms with Crippen molar-refractivity contribution >= 4 is 11.6 Å². The number of ether oxygens (including phenoxy) is 3. The second-order valence-corrected chi connectivity index (χ2v) is 13.4. The van der Waals surface area contributed by atoms with Gasteiger partial charge < -0.3 is 50.8 Å². The van der Waals surface area contributed by atoms with E-state index in [-0.39, 0.29) is 36.0 Å². The maximum atomic E-state index is 14.3. The predicted molar refractivity (Wildman–Crippen MR) is 148 cm³/mol. The molecule has 0 radical (unpaired) electrons. The van der Waals surface area contributed by atoms with Crippen molar-refractivity contribution in [3.8, 4) is 0 Å². The number of ketones is 2. The lowest BCUT2D eigenvalue weighted by molar-refractivity contribution is -0.320. The minimum atomic E-state index is -1.63. The van der Waals surface area contributed by atoms with Crippen LogP contribution in [0.1, 0.15) is 58.3 Å². The van der Waals surface area contributed by atoms with Gasteiger partial charge in [-0.1, -0.05) is 19.8 Å². The van der Waals surface area contributed by atoms with E-state index in [1.54, 1.807) is 7.11 Å². The molecule has 12 nitrogen and oxygen atoms in total. The fourth-order valence-corrected chi connectivity index (χ4v) is 8.71. The Morgan fingerprint density at radius 3 is 2.29 bits per heavy atom. The number of carbonyl (C=O) groups is 2. The first-order chi connectivity index (χ1) is 20.1. The quantitative estimate of drug-likeness (QED) is 0.181. The Kier molecular flexibility index (Phi) is 10.4. The zero-order valence-electron chi connectivity index (χ0n) is 24.7. The van der Waals surface area contributed by atoms with Gasteiger partial charge in [-0.15, -0.1) is 0 Å². The van der Waals surface area contributed by atoms with Crippen LogP contribution in [0.3, 0.4) is 0 Å². The summed E-state index contributed by atoms with van der Waals surface area (Å²) >= 11 is 0. The molecule has 2 saturated heterocycles. The maximum Gasteiger partial charge on any atom is 0.186 e. The average molecular weight is 599 g/mol. The van der Waals surface area contributed by atoms with E-state index < -0.39 is 79.3 Å². The van der Waals surface area contributed by atoms with Crippen molar-refractivity contribution in [1.82, 2.24) is 5.32 Å². The number of methoxy groups -OCH3 is 1. The average Bonchev–Trinajstić information content (AvgIpc) is 2.98. The third-order valence-electron chi connectivity index (χ3n) is 11.0. The molecule has 0 aromatic carbocycles. The van der Waals surface area contributed by atoms with Crippen molar-refractivity contribution in [2.24, 2.45) is 47.2 Å². The number of nitrogens with two attached hydrogens (primary N) is 1. The van der Waals surface area contributed by atoms with Gasteiger partial charge in [-0.2, -0.15) is 0 Å². The highest BCUT2D eigenvalue weighted by Crippen LogP contribution is 2.52. The van der Waals surface area contributed by atoms with Crippen molar-refractivity contribution in [2.45, 2.75) is 113 Å². The van der Waals surface area contributed by atoms with Gasteiger partial charge in [0.2, 0.25) is 0 Å². The Morgan fingerprint density at radius 2 is 1.64 bits per heavy atom. The van der Waals surface area contributed by atoms with E-state index in [0.29, 0.717) is 25.2 Å². The van der Waals surface area contributed by atoms with Crippen LogP contribution in [0.25, 0.3) is 0 Å². The summed E-state index contributed by atoms with van der Waals surface area (Å²) in [7, 11) is 1.56. The number of Topliss-reactive ketones (excluding diaryl/α,β-unsaturated/α-hetero) is 2. The van der Waals surface area contributed by atoms with E-state index in [1.165, 1.54) is 0 Å². The van der Waals surface area contributed by atoms with Crippen LogP contribution >= 0.6 is 0 Å². The summed E-state index contributed by atoms with van der Waals surface area (Å²) in [5.74, 6) is -2.73. The molecule has 16 atom stereocenters. The van der Waals surface area contributed by atoms with Crippen LogP contribution in [0.4, 0.5) is 0 Å². The third kappa shape index (κ3) is 6.09. The van der Waals surface area contributed by atoms with Gasteiger partial charge in [0.25, 0.3) is 0 Å². The van der Waals surface area contributed by atoms with E-state index in [2.05, 4.69) is 5.32 Å². The largest absolute Gasteiger partial charge is 0.394 e. The minimum Gasteiger partial charge on any atom is -0.394 e. The molecular formula is C30H50N2O10. The molecule has 5 aliphatic rings. The first-order valence-electron chi connectivity index (χ1n) is 15.8. The molecule has 0 amide bonds. The smallest absolute Gasteiger partial charge is 0.186 e. The van der Waals surface area contributed by atoms with Gasteiger partial charge in [-0.05, 0) is 56.4 Å². The van der Waals surface area contributed by atoms with E-state index in [4.69, 9.17) is 19.9 Å². The number of hydrogen-bond acceptors (Lipinski definition) is 12. The van der Waals surface area contributed by atoms with Gasteiger partial charge in [0.05, 0.1) is 42.9 Å². The summed E-state index contributed by atoms with van der Waals surface area (Å²) in [4.78, 5) is 28.5. The van der Waals surface area contributed by atoms with Crippen LogP contribution in [-0.4, -0.2) is 113 Å². The fourth-order valence-electron chi connectivity index (χ4n) is 8.71. The lowest BCUT2D eigenvalue weighted by Crippen LogP contribution is -2.65. The molecule has 8 N–H and O–H groups in total. The number of fused-ring (bicyclic) bond motifs is 2. The number of hydrogen-bond donors (Lipinski definition) is 7. The van der Waals surface area contributed by atoms with Gasteiger partial charge in [0, 0.05) is 25.4 Å². The van der Waals surface area contributed by atoms with Gasteiger partial charge in [-0.3, -0.25) is 9.59 Å². The first-order valence-corrected chi connectivity index (χ1v) is 15.8. The third-order valence-corrected chi connectivity index (χ3v) is 11.0. The molecule has 5 rings (SSSR count). The molecule has 2 heterocycles. The molecule has 3 aliphatic carbocycles. The Bertz CT molecular complexity index is 945. The number of aliphatic hydroxyl groups excluding tert-OH is 5. The monoisotopic (exact) mass is 598 g/mol. The molecule has 0 aromatic rings. The van der Waals surface area contributed by atoms with Crippen LogP contribution < -0.4 is 11.1 Å². The zero-order chi connectivity index (χ0) is 30.3. The van der Waals surface area contributed by atoms with Gasteiger partial charge in [-0.25, -0.2) is 0 Å². The molecule has 42 heavy (non-hydrogen) atoms. The molecule has 3 saturated carbocycles. The standard InChI is InChI=1S/C30H50N2O10/c1-3-15-18(40-2)10-19(41-30-29(39)28(38)26(36)20(12-33)42-30)24-23(15)25(35)16-8-14(9-17(34)22(16)27(24)37)5-4-13-6-7-21(31)32-11-13/h13-24,26,28-30,32-34,36,38-39H,3-12,31H2,1-2H3/t13?,14?,15?,16?,17?,18?,19?,20-,21?,22?,23?,24?,26-,28+,29-,30+/m1/s1. The minimum absolute atomic E-state index is 0.0327. The molecule has 11 unspecified atom stereocenters. The summed E-state index contributed by atoms with van der Waals surface area (Å²) in [6.07, 6.45) is -3.82. The van der Waals surface area contributed by atoms with Gasteiger partial charge >= 0.3 is 0 Å². The number of aliphatic hydroxyl groups is 5. The van der Waals surface area contributed by atoms with E-state index in [1.807, 2.05) is 6.92 Å². The first kappa shape index (κ1) is 32.3. The highest BCUT2D eigenvalue weighted by Gasteiger charge is 2.61. The van der Waals surface area contributed by atoms with E-state index in [0.717, 1.165) is 32.2 Å². The van der Waals surface area contributed by atoms with Crippen molar-refractivity contribution in [1.29, 1.82) is 0 Å². The Hall–Kier alpha value is -1.06. The van der Waals surface area contributed by atoms with Gasteiger partial charge in [0.1, 0.15) is 36.0 Å². The number of carbonyl (C=O) groups excluding carboxylic acids is 2. The highest BCUT2D eigenvalue weighted by molar-refractivity contribution is 6.00. The zero-order valence-corrected chi connectivity index (χ0v) is 24.7. The Labute approximate surface area is 247 Å². The van der Waals surface area contributed by atoms with E-state index >= 15 is 0 Å². The van der Waals surface area contributed by atoms with Crippen LogP contribution in [0.15, 0.2) is 0 Å². The lowest BCUT2D eigenvalue weighted by Gasteiger charge is -2.53. The molecule has 0 bridgehead atoms. The highest BCUT2D eigenvalue weighted by atomic mass is 16.7. The van der Waals surface area contributed by atoms with Crippen LogP contribution in [0.5, 0.6) is 0 Å². The van der Waals surface area contributed by atoms with Crippen LogP contribution in [0, 0.1) is 41.4 Å². The second-order valence-electron chi connectivity index (χ2n) is 13.4. The van der Waals surface area contributed by atoms with Gasteiger partial charge in [0.15, 0.2) is 6.29 Å². The predicted octanol–water partition coefficient (Wildman–Crippen LogP) is -0.931. The summed E-state index contributed by atoms with van der Waals surface area (Å²) in [5, 5.41) is 55.4. The topological polar surface area (TPSA) is 201 Å². The van der Waals surface area contributed by atoms with Crippen LogP contribution in [-0.2, 0) is 23.8 Å². The Morgan fingerprint density at radius 1 is 0.905 bits per heavy atom. The van der Waals surface area contributed by atoms with Crippen molar-refractivity contribution in [3.63, 3.8) is 0 Å². The summed E-state index contributed by atoms with van der Waals surface area (Å²) in [6, 6.07) is 0. The maximum absolute atomic E-state index is 14.3. The summed E-state index contributed by atoms with van der Waals surface area (Å²) < 4.78 is 17.6. The number of nitrogens with one attached hydrogen (secondary N) is 1. The molecule has 12 heteroatoms. The number of rotatable bonds is 8. The van der Waals surface area contributed by atoms with E-state index in [9.17, 15) is 35.1 Å². The lowest BCUT2D eigenvalue weighted by atomic mass is 9.52. The van der Waals surface area contributed by atoms with Crippen molar-refractivity contribution < 1.29 is 49.3 Å². The number of piperidine rings is 1. The molecule has 2 aliphatic heterocycles. The molecule has 0 spiro atoms. The van der Waals surface area contributed by atoms with Crippen molar-refractivity contribution in [3.05, 3.63) is 0 Å².